The Morgan fingerprint density at radius 1 is 1.16 bits per heavy atom. The van der Waals surface area contributed by atoms with Crippen LogP contribution in [0.15, 0.2) is 48.5 Å². The van der Waals surface area contributed by atoms with Crippen LogP contribution in [0.3, 0.4) is 0 Å². The molecule has 0 radical (unpaired) electrons. The molecule has 1 unspecified atom stereocenters. The van der Waals surface area contributed by atoms with E-state index in [9.17, 15) is 4.79 Å². The van der Waals surface area contributed by atoms with E-state index in [1.165, 1.54) is 0 Å². The van der Waals surface area contributed by atoms with Crippen LogP contribution in [-0.4, -0.2) is 5.91 Å². The molecule has 2 aromatic carbocycles. The molecule has 0 bridgehead atoms. The third kappa shape index (κ3) is 3.37. The van der Waals surface area contributed by atoms with Gasteiger partial charge in [-0.25, -0.2) is 0 Å². The monoisotopic (exact) mass is 337 g/mol. The second-order valence-corrected chi connectivity index (χ2v) is 5.92. The number of rotatable bonds is 3. The molecule has 0 saturated heterocycles. The lowest BCUT2D eigenvalue weighted by Gasteiger charge is -2.13. The Kier molecular flexibility index (Phi) is 4.61. The van der Waals surface area contributed by atoms with E-state index in [0.717, 1.165) is 11.3 Å². The molecule has 0 aromatic heterocycles. The maximum absolute atomic E-state index is 12.2. The van der Waals surface area contributed by atoms with Crippen LogP contribution in [0.2, 0.25) is 5.02 Å². The summed E-state index contributed by atoms with van der Waals surface area (Å²) in [6, 6.07) is 14.7. The van der Waals surface area contributed by atoms with Crippen molar-refractivity contribution in [2.24, 2.45) is 0 Å². The third-order valence-corrected chi connectivity index (χ3v) is 3.58. The fourth-order valence-electron chi connectivity index (χ4n) is 1.79. The Morgan fingerprint density at radius 2 is 1.79 bits per heavy atom. The Bertz CT molecular complexity index is 598. The van der Waals surface area contributed by atoms with E-state index >= 15 is 0 Å². The van der Waals surface area contributed by atoms with Crippen LogP contribution in [0.25, 0.3) is 0 Å². The van der Waals surface area contributed by atoms with E-state index in [2.05, 4.69) is 21.2 Å². The molecule has 0 saturated carbocycles. The summed E-state index contributed by atoms with van der Waals surface area (Å²) in [4.78, 5) is 12.4. The van der Waals surface area contributed by atoms with Crippen molar-refractivity contribution >= 4 is 39.1 Å². The first kappa shape index (κ1) is 14.1. The standard InChI is InChI=1S/C15H13BrClNO/c1-10(16)11-6-3-5-9-14(11)18-15(19)12-7-2-4-8-13(12)17/h2-10H,1H3,(H,18,19). The average Bonchev–Trinajstić information content (AvgIpc) is 2.39. The lowest BCUT2D eigenvalue weighted by molar-refractivity contribution is 0.102. The molecular weight excluding hydrogens is 326 g/mol. The van der Waals surface area contributed by atoms with Crippen molar-refractivity contribution in [1.82, 2.24) is 0 Å². The van der Waals surface area contributed by atoms with Crippen molar-refractivity contribution in [3.05, 3.63) is 64.7 Å². The summed E-state index contributed by atoms with van der Waals surface area (Å²) < 4.78 is 0. The number of anilines is 1. The van der Waals surface area contributed by atoms with Gasteiger partial charge in [0.2, 0.25) is 0 Å². The number of para-hydroxylation sites is 1. The van der Waals surface area contributed by atoms with Gasteiger partial charge in [-0.3, -0.25) is 4.79 Å². The largest absolute Gasteiger partial charge is 0.322 e. The summed E-state index contributed by atoms with van der Waals surface area (Å²) in [5.41, 5.74) is 2.29. The number of carbonyl (C=O) groups is 1. The van der Waals surface area contributed by atoms with Gasteiger partial charge in [0, 0.05) is 10.5 Å². The predicted molar refractivity (Wildman–Crippen MR) is 83.2 cm³/mol. The van der Waals surface area contributed by atoms with Crippen LogP contribution in [-0.2, 0) is 0 Å². The molecule has 1 N–H and O–H groups in total. The van der Waals surface area contributed by atoms with E-state index in [0.29, 0.717) is 10.6 Å². The summed E-state index contributed by atoms with van der Waals surface area (Å²) in [5, 5.41) is 3.34. The molecule has 0 heterocycles. The third-order valence-electron chi connectivity index (χ3n) is 2.76. The number of hydrogen-bond acceptors (Lipinski definition) is 1. The number of carbonyl (C=O) groups excluding carboxylic acids is 1. The summed E-state index contributed by atoms with van der Waals surface area (Å²) in [6.07, 6.45) is 0. The molecular formula is C15H13BrClNO. The summed E-state index contributed by atoms with van der Waals surface area (Å²) in [6.45, 7) is 2.01. The first-order valence-electron chi connectivity index (χ1n) is 5.88. The number of halogens is 2. The van der Waals surface area contributed by atoms with Gasteiger partial charge in [-0.15, -0.1) is 0 Å². The zero-order chi connectivity index (χ0) is 13.8. The molecule has 0 fully saturated rings. The molecule has 2 nitrogen and oxygen atoms in total. The minimum atomic E-state index is -0.203. The number of alkyl halides is 1. The first-order chi connectivity index (χ1) is 9.09. The van der Waals surface area contributed by atoms with Crippen LogP contribution in [0.1, 0.15) is 27.7 Å². The van der Waals surface area contributed by atoms with Crippen molar-refractivity contribution in [3.8, 4) is 0 Å². The minimum Gasteiger partial charge on any atom is -0.322 e. The summed E-state index contributed by atoms with van der Waals surface area (Å²) >= 11 is 9.53. The molecule has 1 amide bonds. The van der Waals surface area contributed by atoms with E-state index in [1.54, 1.807) is 24.3 Å². The Balaban J connectivity index is 2.27. The fraction of sp³-hybridized carbons (Fsp3) is 0.133. The van der Waals surface area contributed by atoms with Crippen molar-refractivity contribution in [2.75, 3.05) is 5.32 Å². The highest BCUT2D eigenvalue weighted by atomic mass is 79.9. The highest BCUT2D eigenvalue weighted by molar-refractivity contribution is 9.09. The van der Waals surface area contributed by atoms with Crippen molar-refractivity contribution in [2.45, 2.75) is 11.8 Å². The molecule has 19 heavy (non-hydrogen) atoms. The van der Waals surface area contributed by atoms with Gasteiger partial charge in [0.25, 0.3) is 5.91 Å². The summed E-state index contributed by atoms with van der Waals surface area (Å²) in [7, 11) is 0. The molecule has 98 valence electrons. The molecule has 0 spiro atoms. The Morgan fingerprint density at radius 3 is 2.47 bits per heavy atom. The van der Waals surface area contributed by atoms with Gasteiger partial charge in [-0.1, -0.05) is 57.9 Å². The minimum absolute atomic E-state index is 0.162. The fourth-order valence-corrected chi connectivity index (χ4v) is 2.41. The highest BCUT2D eigenvalue weighted by Gasteiger charge is 2.13. The zero-order valence-electron chi connectivity index (χ0n) is 10.4. The van der Waals surface area contributed by atoms with Gasteiger partial charge in [0.1, 0.15) is 0 Å². The molecule has 0 aliphatic rings. The molecule has 4 heteroatoms. The second kappa shape index (κ2) is 6.22. The molecule has 0 aliphatic carbocycles. The van der Waals surface area contributed by atoms with Gasteiger partial charge in [0.05, 0.1) is 10.6 Å². The van der Waals surface area contributed by atoms with Crippen LogP contribution in [0.5, 0.6) is 0 Å². The lowest BCUT2D eigenvalue weighted by Crippen LogP contribution is -2.13. The quantitative estimate of drug-likeness (QED) is 0.780. The predicted octanol–water partition coefficient (Wildman–Crippen LogP) is 5.05. The molecule has 1 atom stereocenters. The van der Waals surface area contributed by atoms with Crippen molar-refractivity contribution < 1.29 is 4.79 Å². The van der Waals surface area contributed by atoms with Crippen LogP contribution < -0.4 is 5.32 Å². The SMILES string of the molecule is CC(Br)c1ccccc1NC(=O)c1ccccc1Cl. The van der Waals surface area contributed by atoms with Crippen LogP contribution in [0, 0.1) is 0 Å². The second-order valence-electron chi connectivity index (χ2n) is 4.14. The van der Waals surface area contributed by atoms with E-state index in [1.807, 2.05) is 31.2 Å². The van der Waals surface area contributed by atoms with Crippen LogP contribution >= 0.6 is 27.5 Å². The summed E-state index contributed by atoms with van der Waals surface area (Å²) in [5.74, 6) is -0.203. The van der Waals surface area contributed by atoms with Gasteiger partial charge in [-0.2, -0.15) is 0 Å². The Hall–Kier alpha value is -1.32. The number of benzene rings is 2. The number of hydrogen-bond donors (Lipinski definition) is 1. The number of amides is 1. The average molecular weight is 339 g/mol. The maximum Gasteiger partial charge on any atom is 0.257 e. The van der Waals surface area contributed by atoms with E-state index in [-0.39, 0.29) is 10.7 Å². The van der Waals surface area contributed by atoms with Crippen molar-refractivity contribution in [1.29, 1.82) is 0 Å². The van der Waals surface area contributed by atoms with Crippen molar-refractivity contribution in [3.63, 3.8) is 0 Å². The number of nitrogens with one attached hydrogen (secondary N) is 1. The molecule has 2 rings (SSSR count). The van der Waals surface area contributed by atoms with Crippen LogP contribution in [0.4, 0.5) is 5.69 Å². The van der Waals surface area contributed by atoms with E-state index in [4.69, 9.17) is 11.6 Å². The van der Waals surface area contributed by atoms with Gasteiger partial charge >= 0.3 is 0 Å². The Labute approximate surface area is 125 Å². The highest BCUT2D eigenvalue weighted by Crippen LogP contribution is 2.29. The smallest absolute Gasteiger partial charge is 0.257 e. The van der Waals surface area contributed by atoms with Gasteiger partial charge in [0.15, 0.2) is 0 Å². The maximum atomic E-state index is 12.2. The zero-order valence-corrected chi connectivity index (χ0v) is 12.7. The molecule has 0 aliphatic heterocycles. The van der Waals surface area contributed by atoms with E-state index < -0.39 is 0 Å². The lowest BCUT2D eigenvalue weighted by atomic mass is 10.1. The normalized spacial score (nSPS) is 11.9. The topological polar surface area (TPSA) is 29.1 Å². The molecule has 2 aromatic rings. The first-order valence-corrected chi connectivity index (χ1v) is 7.18. The van der Waals surface area contributed by atoms with Gasteiger partial charge < -0.3 is 5.32 Å². The van der Waals surface area contributed by atoms with Gasteiger partial charge in [-0.05, 0) is 30.7 Å².